The number of alkyl halides is 1. The van der Waals surface area contributed by atoms with Crippen LogP contribution >= 0.6 is 23.2 Å². The molecule has 4 rings (SSSR count). The van der Waals surface area contributed by atoms with Gasteiger partial charge in [-0.3, -0.25) is 4.79 Å². The number of benzene rings is 1. The molecule has 0 unspecified atom stereocenters. The summed E-state index contributed by atoms with van der Waals surface area (Å²) in [6.07, 6.45) is 4.26. The Morgan fingerprint density at radius 3 is 2.93 bits per heavy atom. The van der Waals surface area contributed by atoms with Gasteiger partial charge in [0.05, 0.1) is 59.8 Å². The molecule has 1 aliphatic rings. The lowest BCUT2D eigenvalue weighted by molar-refractivity contribution is -0.138. The van der Waals surface area contributed by atoms with Crippen molar-refractivity contribution in [3.8, 4) is 5.69 Å². The van der Waals surface area contributed by atoms with Crippen molar-refractivity contribution >= 4 is 45.9 Å². The minimum atomic E-state index is -1.04. The van der Waals surface area contributed by atoms with Gasteiger partial charge in [-0.1, -0.05) is 23.2 Å². The largest absolute Gasteiger partial charge is 0.481 e. The molecule has 1 saturated heterocycles. The van der Waals surface area contributed by atoms with Gasteiger partial charge in [0.2, 0.25) is 0 Å². The molecule has 1 aromatic carbocycles. The Bertz CT molecular complexity index is 1060. The van der Waals surface area contributed by atoms with Crippen LogP contribution in [0.4, 0.5) is 10.2 Å². The number of fused-ring (bicyclic) bond motifs is 1. The minimum absolute atomic E-state index is 0.0729. The van der Waals surface area contributed by atoms with Crippen LogP contribution in [0.5, 0.6) is 0 Å². The maximum absolute atomic E-state index is 14.3. The van der Waals surface area contributed by atoms with Crippen LogP contribution in [0, 0.1) is 0 Å². The average Bonchev–Trinajstić information content (AvgIpc) is 3.37. The average molecular weight is 453 g/mol. The standard InChI is InChI=1S/C20H19Cl2FN4O3/c21-15-2-1-14-16(26-5-4-24-11-26)8-17(25-20(14)19(15)22)27-9-12(23)7-13(27)10-30-6-3-18(28)29/h1-2,4-5,8,11-13H,3,6-7,9-10H2,(H,28,29)/t12-,13+/m1/s1. The summed E-state index contributed by atoms with van der Waals surface area (Å²) in [5, 5.41) is 10.2. The molecule has 3 heterocycles. The second kappa shape index (κ2) is 8.75. The molecule has 2 aromatic heterocycles. The van der Waals surface area contributed by atoms with E-state index in [0.29, 0.717) is 21.4 Å². The van der Waals surface area contributed by atoms with Gasteiger partial charge in [0.25, 0.3) is 0 Å². The van der Waals surface area contributed by atoms with Gasteiger partial charge in [-0.15, -0.1) is 0 Å². The van der Waals surface area contributed by atoms with E-state index in [1.807, 2.05) is 21.6 Å². The van der Waals surface area contributed by atoms with Crippen molar-refractivity contribution in [2.24, 2.45) is 0 Å². The summed E-state index contributed by atoms with van der Waals surface area (Å²) in [6.45, 7) is 0.438. The van der Waals surface area contributed by atoms with Gasteiger partial charge >= 0.3 is 5.97 Å². The highest BCUT2D eigenvalue weighted by atomic mass is 35.5. The molecule has 0 bridgehead atoms. The van der Waals surface area contributed by atoms with Gasteiger partial charge in [-0.05, 0) is 12.1 Å². The van der Waals surface area contributed by atoms with Gasteiger partial charge < -0.3 is 19.3 Å². The molecule has 0 amide bonds. The SMILES string of the molecule is O=C(O)CCOC[C@@H]1C[C@@H](F)CN1c1cc(-n2ccnc2)c2ccc(Cl)c(Cl)c2n1. The normalized spacial score (nSPS) is 19.0. The van der Waals surface area contributed by atoms with Crippen LogP contribution in [0.25, 0.3) is 16.6 Å². The van der Waals surface area contributed by atoms with E-state index in [1.165, 1.54) is 0 Å². The number of carboxylic acid groups (broad SMARTS) is 1. The second-order valence-corrected chi connectivity index (χ2v) is 7.87. The summed E-state index contributed by atoms with van der Waals surface area (Å²) >= 11 is 12.6. The first-order chi connectivity index (χ1) is 14.4. The molecule has 1 aliphatic heterocycles. The van der Waals surface area contributed by atoms with E-state index in [1.54, 1.807) is 24.8 Å². The van der Waals surface area contributed by atoms with Gasteiger partial charge in [0.15, 0.2) is 0 Å². The number of nitrogens with zero attached hydrogens (tertiary/aromatic N) is 4. The molecule has 0 saturated carbocycles. The zero-order chi connectivity index (χ0) is 21.3. The third kappa shape index (κ3) is 4.21. The Labute approximate surface area is 182 Å². The Morgan fingerprint density at radius 2 is 2.20 bits per heavy atom. The number of aliphatic carboxylic acids is 1. The number of aromatic nitrogens is 3. The molecule has 1 N–H and O–H groups in total. The molecule has 3 aromatic rings. The van der Waals surface area contributed by atoms with Crippen molar-refractivity contribution in [3.05, 3.63) is 47.0 Å². The maximum atomic E-state index is 14.3. The lowest BCUT2D eigenvalue weighted by atomic mass is 10.1. The highest BCUT2D eigenvalue weighted by Crippen LogP contribution is 2.36. The van der Waals surface area contributed by atoms with Crippen molar-refractivity contribution in [1.82, 2.24) is 14.5 Å². The van der Waals surface area contributed by atoms with E-state index in [4.69, 9.17) is 33.0 Å². The number of carbonyl (C=O) groups is 1. The van der Waals surface area contributed by atoms with Gasteiger partial charge in [0, 0.05) is 30.3 Å². The molecule has 158 valence electrons. The molecule has 7 nitrogen and oxygen atoms in total. The minimum Gasteiger partial charge on any atom is -0.481 e. The number of hydrogen-bond donors (Lipinski definition) is 1. The second-order valence-electron chi connectivity index (χ2n) is 7.08. The molecule has 10 heteroatoms. The van der Waals surface area contributed by atoms with E-state index < -0.39 is 12.1 Å². The van der Waals surface area contributed by atoms with Crippen LogP contribution in [0.1, 0.15) is 12.8 Å². The zero-order valence-corrected chi connectivity index (χ0v) is 17.4. The summed E-state index contributed by atoms with van der Waals surface area (Å²) in [6, 6.07) is 5.13. The third-order valence-corrected chi connectivity index (χ3v) is 5.84. The zero-order valence-electron chi connectivity index (χ0n) is 15.8. The summed E-state index contributed by atoms with van der Waals surface area (Å²) in [5.74, 6) is -0.392. The molecular formula is C20H19Cl2FN4O3. The Morgan fingerprint density at radius 1 is 1.37 bits per heavy atom. The van der Waals surface area contributed by atoms with Crippen LogP contribution < -0.4 is 4.90 Å². The van der Waals surface area contributed by atoms with E-state index >= 15 is 0 Å². The van der Waals surface area contributed by atoms with E-state index in [9.17, 15) is 9.18 Å². The van der Waals surface area contributed by atoms with Crippen molar-refractivity contribution in [3.63, 3.8) is 0 Å². The summed E-state index contributed by atoms with van der Waals surface area (Å²) < 4.78 is 21.6. The van der Waals surface area contributed by atoms with Crippen molar-refractivity contribution in [1.29, 1.82) is 0 Å². The molecule has 0 radical (unpaired) electrons. The predicted molar refractivity (Wildman–Crippen MR) is 113 cm³/mol. The van der Waals surface area contributed by atoms with Crippen molar-refractivity contribution < 1.29 is 19.0 Å². The maximum Gasteiger partial charge on any atom is 0.305 e. The van der Waals surface area contributed by atoms with E-state index in [-0.39, 0.29) is 38.6 Å². The fraction of sp³-hybridized carbons (Fsp3) is 0.350. The predicted octanol–water partition coefficient (Wildman–Crippen LogP) is 4.14. The van der Waals surface area contributed by atoms with Crippen LogP contribution in [0.3, 0.4) is 0 Å². The summed E-state index contributed by atoms with van der Waals surface area (Å²) in [7, 11) is 0. The van der Waals surface area contributed by atoms with E-state index in [2.05, 4.69) is 9.97 Å². The highest BCUT2D eigenvalue weighted by Gasteiger charge is 2.34. The van der Waals surface area contributed by atoms with Gasteiger partial charge in [-0.2, -0.15) is 0 Å². The summed E-state index contributed by atoms with van der Waals surface area (Å²) in [4.78, 5) is 21.3. The van der Waals surface area contributed by atoms with Crippen LogP contribution in [-0.2, 0) is 9.53 Å². The number of anilines is 1. The van der Waals surface area contributed by atoms with Gasteiger partial charge in [-0.25, -0.2) is 14.4 Å². The van der Waals surface area contributed by atoms with Crippen molar-refractivity contribution in [2.75, 3.05) is 24.7 Å². The smallest absolute Gasteiger partial charge is 0.305 e. The van der Waals surface area contributed by atoms with Crippen LogP contribution in [0.2, 0.25) is 10.0 Å². The van der Waals surface area contributed by atoms with Crippen LogP contribution in [0.15, 0.2) is 36.9 Å². The lowest BCUT2D eigenvalue weighted by Crippen LogP contribution is -2.34. The molecular weight excluding hydrogens is 434 g/mol. The molecule has 0 spiro atoms. The Balaban J connectivity index is 1.72. The number of ether oxygens (including phenoxy) is 1. The summed E-state index contributed by atoms with van der Waals surface area (Å²) in [5.41, 5.74) is 1.30. The first-order valence-electron chi connectivity index (χ1n) is 9.41. The molecule has 0 aliphatic carbocycles. The molecule has 1 fully saturated rings. The number of rotatable bonds is 7. The lowest BCUT2D eigenvalue weighted by Gasteiger charge is -2.26. The fourth-order valence-corrected chi connectivity index (χ4v) is 4.00. The topological polar surface area (TPSA) is 80.5 Å². The number of carboxylic acids is 1. The van der Waals surface area contributed by atoms with E-state index in [0.717, 1.165) is 11.1 Å². The number of hydrogen-bond acceptors (Lipinski definition) is 5. The number of imidazole rings is 1. The molecule has 30 heavy (non-hydrogen) atoms. The Hall–Kier alpha value is -2.42. The molecule has 2 atom stereocenters. The quantitative estimate of drug-likeness (QED) is 0.542. The number of halogens is 3. The first-order valence-corrected chi connectivity index (χ1v) is 10.2. The first kappa shape index (κ1) is 20.8. The highest BCUT2D eigenvalue weighted by molar-refractivity contribution is 6.45. The monoisotopic (exact) mass is 452 g/mol. The fourth-order valence-electron chi connectivity index (χ4n) is 3.64. The van der Waals surface area contributed by atoms with Gasteiger partial charge in [0.1, 0.15) is 12.0 Å². The Kier molecular flexibility index (Phi) is 6.08. The third-order valence-electron chi connectivity index (χ3n) is 5.05. The van der Waals surface area contributed by atoms with Crippen molar-refractivity contribution in [2.45, 2.75) is 25.1 Å². The van der Waals surface area contributed by atoms with Crippen LogP contribution in [-0.4, -0.2) is 57.6 Å². The number of pyridine rings is 1.